The molecule has 3 aromatic heterocycles. The molecule has 0 unspecified atom stereocenters. The Hall–Kier alpha value is -3.69. The fourth-order valence-corrected chi connectivity index (χ4v) is 3.48. The summed E-state index contributed by atoms with van der Waals surface area (Å²) in [6.07, 6.45) is -0.748. The summed E-state index contributed by atoms with van der Waals surface area (Å²) in [5.41, 5.74) is 2.82. The topological polar surface area (TPSA) is 73.5 Å². The molecule has 0 aliphatic heterocycles. The Morgan fingerprint density at radius 2 is 1.81 bits per heavy atom. The van der Waals surface area contributed by atoms with Gasteiger partial charge in [-0.05, 0) is 43.7 Å². The van der Waals surface area contributed by atoms with Gasteiger partial charge in [-0.1, -0.05) is 6.92 Å². The largest absolute Gasteiger partial charge is 0.323 e. The predicted molar refractivity (Wildman–Crippen MR) is 110 cm³/mol. The summed E-state index contributed by atoms with van der Waals surface area (Å²) in [4.78, 5) is 8.27. The quantitative estimate of drug-likeness (QED) is 0.481. The van der Waals surface area contributed by atoms with E-state index < -0.39 is 6.43 Å². The molecule has 0 saturated heterocycles. The number of hydrogen-bond donors (Lipinski definition) is 1. The lowest BCUT2D eigenvalue weighted by molar-refractivity contribution is 0.142. The summed E-state index contributed by atoms with van der Waals surface area (Å²) >= 11 is 0. The molecular weight excluding hydrogens is 407 g/mol. The maximum atomic E-state index is 13.3. The second kappa shape index (κ2) is 8.21. The summed E-state index contributed by atoms with van der Waals surface area (Å²) in [5, 5.41) is 11.8. The van der Waals surface area contributed by atoms with Crippen molar-refractivity contribution in [1.29, 1.82) is 0 Å². The van der Waals surface area contributed by atoms with Gasteiger partial charge in [0.25, 0.3) is 6.43 Å². The molecule has 0 fully saturated rings. The molecule has 31 heavy (non-hydrogen) atoms. The number of anilines is 2. The van der Waals surface area contributed by atoms with E-state index in [4.69, 9.17) is 0 Å². The SMILES string of the molecule is CCc1c(Nc2cc(-n3nc(C)cc3C(F)F)ncn2)nn(C)c1-c1ccc(F)cc1. The minimum absolute atomic E-state index is 0.216. The monoisotopic (exact) mass is 427 g/mol. The number of aromatic nitrogens is 6. The van der Waals surface area contributed by atoms with E-state index in [1.54, 1.807) is 30.8 Å². The van der Waals surface area contributed by atoms with E-state index in [2.05, 4.69) is 25.5 Å². The van der Waals surface area contributed by atoms with Crippen LogP contribution in [0.15, 0.2) is 42.7 Å². The van der Waals surface area contributed by atoms with Crippen LogP contribution in [0.1, 0.15) is 30.3 Å². The summed E-state index contributed by atoms with van der Waals surface area (Å²) < 4.78 is 42.9. The van der Waals surface area contributed by atoms with Crippen LogP contribution in [-0.2, 0) is 13.5 Å². The molecular formula is C21H20F3N7. The zero-order valence-corrected chi connectivity index (χ0v) is 17.1. The number of halogens is 3. The van der Waals surface area contributed by atoms with Crippen LogP contribution in [0.4, 0.5) is 24.8 Å². The Labute approximate surface area is 176 Å². The van der Waals surface area contributed by atoms with E-state index in [1.807, 2.05) is 6.92 Å². The van der Waals surface area contributed by atoms with Crippen LogP contribution in [0.5, 0.6) is 0 Å². The van der Waals surface area contributed by atoms with Crippen molar-refractivity contribution in [2.75, 3.05) is 5.32 Å². The second-order valence-corrected chi connectivity index (χ2v) is 6.97. The molecule has 4 aromatic rings. The third kappa shape index (κ3) is 4.00. The Bertz CT molecular complexity index is 1210. The molecule has 3 heterocycles. The van der Waals surface area contributed by atoms with E-state index in [9.17, 15) is 13.2 Å². The predicted octanol–water partition coefficient (Wildman–Crippen LogP) is 4.75. The highest BCUT2D eigenvalue weighted by Crippen LogP contribution is 2.31. The smallest absolute Gasteiger partial charge is 0.280 e. The van der Waals surface area contributed by atoms with Gasteiger partial charge >= 0.3 is 0 Å². The highest BCUT2D eigenvalue weighted by Gasteiger charge is 2.19. The van der Waals surface area contributed by atoms with Crippen LogP contribution in [0.3, 0.4) is 0 Å². The first-order valence-corrected chi connectivity index (χ1v) is 9.63. The van der Waals surface area contributed by atoms with Gasteiger partial charge in [-0.3, -0.25) is 4.68 Å². The van der Waals surface area contributed by atoms with E-state index in [0.29, 0.717) is 23.8 Å². The first-order chi connectivity index (χ1) is 14.9. The van der Waals surface area contributed by atoms with E-state index in [1.165, 1.54) is 30.6 Å². The van der Waals surface area contributed by atoms with Gasteiger partial charge in [0.15, 0.2) is 11.6 Å². The van der Waals surface area contributed by atoms with E-state index in [-0.39, 0.29) is 17.3 Å². The van der Waals surface area contributed by atoms with Gasteiger partial charge in [-0.25, -0.2) is 27.8 Å². The van der Waals surface area contributed by atoms with Crippen molar-refractivity contribution in [3.63, 3.8) is 0 Å². The summed E-state index contributed by atoms with van der Waals surface area (Å²) in [6, 6.07) is 9.05. The number of nitrogens with one attached hydrogen (secondary N) is 1. The van der Waals surface area contributed by atoms with Gasteiger partial charge in [0, 0.05) is 24.2 Å². The van der Waals surface area contributed by atoms with Gasteiger partial charge in [0.2, 0.25) is 0 Å². The van der Waals surface area contributed by atoms with Gasteiger partial charge in [-0.15, -0.1) is 0 Å². The molecule has 10 heteroatoms. The van der Waals surface area contributed by atoms with Crippen LogP contribution in [0, 0.1) is 12.7 Å². The lowest BCUT2D eigenvalue weighted by atomic mass is 10.1. The van der Waals surface area contributed by atoms with Crippen molar-refractivity contribution in [1.82, 2.24) is 29.5 Å². The van der Waals surface area contributed by atoms with Crippen molar-refractivity contribution in [2.45, 2.75) is 26.7 Å². The third-order valence-corrected chi connectivity index (χ3v) is 4.82. The summed E-state index contributed by atoms with van der Waals surface area (Å²) in [5.74, 6) is 0.859. The number of nitrogens with zero attached hydrogens (tertiary/aromatic N) is 6. The van der Waals surface area contributed by atoms with Crippen LogP contribution in [0.25, 0.3) is 17.1 Å². The number of rotatable bonds is 6. The Kier molecular flexibility index (Phi) is 5.45. The molecule has 0 saturated carbocycles. The third-order valence-electron chi connectivity index (χ3n) is 4.82. The van der Waals surface area contributed by atoms with E-state index >= 15 is 0 Å². The molecule has 1 aromatic carbocycles. The van der Waals surface area contributed by atoms with Crippen LogP contribution < -0.4 is 5.32 Å². The maximum absolute atomic E-state index is 13.3. The number of aryl methyl sites for hydroxylation is 2. The molecule has 7 nitrogen and oxygen atoms in total. The highest BCUT2D eigenvalue weighted by molar-refractivity contribution is 5.72. The number of hydrogen-bond acceptors (Lipinski definition) is 5. The zero-order valence-electron chi connectivity index (χ0n) is 17.1. The molecule has 0 amide bonds. The standard InChI is InChI=1S/C21H20F3N7/c1-4-15-19(13-5-7-14(22)8-6-13)30(3)29-21(15)27-17-10-18(26-11-25-17)31-16(20(23)24)9-12(2)28-31/h5-11,20H,4H2,1-3H3,(H,25,26,27,29). The molecule has 160 valence electrons. The molecule has 0 aliphatic rings. The van der Waals surface area contributed by atoms with Crippen molar-refractivity contribution in [3.8, 4) is 17.1 Å². The molecule has 0 atom stereocenters. The number of alkyl halides is 2. The summed E-state index contributed by atoms with van der Waals surface area (Å²) in [6.45, 7) is 3.63. The van der Waals surface area contributed by atoms with Gasteiger partial charge in [0.1, 0.15) is 23.7 Å². The molecule has 4 rings (SSSR count). The average molecular weight is 427 g/mol. The van der Waals surface area contributed by atoms with Crippen LogP contribution in [0.2, 0.25) is 0 Å². The maximum Gasteiger partial charge on any atom is 0.280 e. The van der Waals surface area contributed by atoms with Gasteiger partial charge in [0.05, 0.1) is 11.4 Å². The minimum atomic E-state index is -2.69. The first kappa shape index (κ1) is 20.6. The van der Waals surface area contributed by atoms with Gasteiger partial charge in [-0.2, -0.15) is 10.2 Å². The molecule has 1 N–H and O–H groups in total. The minimum Gasteiger partial charge on any atom is -0.323 e. The average Bonchev–Trinajstić information content (AvgIpc) is 3.28. The Balaban J connectivity index is 1.70. The highest BCUT2D eigenvalue weighted by atomic mass is 19.3. The van der Waals surface area contributed by atoms with Crippen molar-refractivity contribution >= 4 is 11.6 Å². The molecule has 0 spiro atoms. The zero-order chi connectivity index (χ0) is 22.1. The van der Waals surface area contributed by atoms with Crippen molar-refractivity contribution < 1.29 is 13.2 Å². The first-order valence-electron chi connectivity index (χ1n) is 9.63. The second-order valence-electron chi connectivity index (χ2n) is 6.97. The fourth-order valence-electron chi connectivity index (χ4n) is 3.48. The Morgan fingerprint density at radius 1 is 1.06 bits per heavy atom. The Morgan fingerprint density at radius 3 is 2.48 bits per heavy atom. The molecule has 0 aliphatic carbocycles. The number of benzene rings is 1. The lowest BCUT2D eigenvalue weighted by Gasteiger charge is -2.09. The molecule has 0 bridgehead atoms. The molecule has 0 radical (unpaired) electrons. The van der Waals surface area contributed by atoms with Gasteiger partial charge < -0.3 is 5.32 Å². The van der Waals surface area contributed by atoms with Crippen molar-refractivity contribution in [3.05, 3.63) is 65.5 Å². The van der Waals surface area contributed by atoms with Crippen molar-refractivity contribution in [2.24, 2.45) is 7.05 Å². The van der Waals surface area contributed by atoms with Crippen LogP contribution in [-0.4, -0.2) is 29.5 Å². The summed E-state index contributed by atoms with van der Waals surface area (Å²) in [7, 11) is 1.80. The van der Waals surface area contributed by atoms with Crippen LogP contribution >= 0.6 is 0 Å². The normalized spacial score (nSPS) is 11.3. The van der Waals surface area contributed by atoms with E-state index in [0.717, 1.165) is 21.5 Å². The lowest BCUT2D eigenvalue weighted by Crippen LogP contribution is -2.07. The fraction of sp³-hybridized carbons (Fsp3) is 0.238.